The van der Waals surface area contributed by atoms with E-state index >= 15 is 0 Å². The van der Waals surface area contributed by atoms with Gasteiger partial charge >= 0.3 is 0 Å². The third kappa shape index (κ3) is 4.19. The third-order valence-corrected chi connectivity index (χ3v) is 4.05. The molecule has 0 unspecified atom stereocenters. The van der Waals surface area contributed by atoms with Crippen molar-refractivity contribution in [3.05, 3.63) is 29.3 Å². The second-order valence-electron chi connectivity index (χ2n) is 4.18. The summed E-state index contributed by atoms with van der Waals surface area (Å²) in [7, 11) is 0. The number of thioether (sulfide) groups is 1. The fraction of sp³-hybridized carbons (Fsp3) is 0.308. The molecule has 2 aromatic rings. The van der Waals surface area contributed by atoms with E-state index < -0.39 is 0 Å². The number of halogens is 1. The number of tetrazole rings is 1. The Morgan fingerprint density at radius 2 is 2.05 bits per heavy atom. The molecule has 1 heterocycles. The largest absolute Gasteiger partial charge is 0.214 e. The topological polar surface area (TPSA) is 91.2 Å². The molecule has 6 nitrogen and oxygen atoms in total. The predicted octanol–water partition coefficient (Wildman–Crippen LogP) is 2.85. The first-order valence-electron chi connectivity index (χ1n) is 6.18. The first-order chi connectivity index (χ1) is 10.2. The Morgan fingerprint density at radius 1 is 1.29 bits per heavy atom. The van der Waals surface area contributed by atoms with Crippen LogP contribution in [-0.2, 0) is 0 Å². The molecule has 21 heavy (non-hydrogen) atoms. The average molecular weight is 319 g/mol. The van der Waals surface area contributed by atoms with Gasteiger partial charge in [0.25, 0.3) is 0 Å². The molecule has 0 N–H and O–H groups in total. The van der Waals surface area contributed by atoms with Gasteiger partial charge in [0.15, 0.2) is 0 Å². The molecule has 0 spiro atoms. The van der Waals surface area contributed by atoms with E-state index in [9.17, 15) is 0 Å². The zero-order chi connectivity index (χ0) is 15.1. The number of benzene rings is 1. The molecule has 0 aliphatic carbocycles. The number of hydrogen-bond acceptors (Lipinski definition) is 6. The van der Waals surface area contributed by atoms with E-state index in [4.69, 9.17) is 22.1 Å². The van der Waals surface area contributed by atoms with Gasteiger partial charge in [-0.3, -0.25) is 0 Å². The van der Waals surface area contributed by atoms with Gasteiger partial charge in [-0.1, -0.05) is 23.4 Å². The minimum Gasteiger partial charge on any atom is -0.198 e. The highest BCUT2D eigenvalue weighted by Gasteiger charge is 2.13. The van der Waals surface area contributed by atoms with E-state index in [-0.39, 0.29) is 5.92 Å². The summed E-state index contributed by atoms with van der Waals surface area (Å²) in [5.41, 5.74) is 0.803. The minimum atomic E-state index is -0.190. The van der Waals surface area contributed by atoms with Gasteiger partial charge in [0.05, 0.1) is 23.7 Å². The molecule has 0 aliphatic heterocycles. The van der Waals surface area contributed by atoms with E-state index in [1.165, 1.54) is 11.8 Å². The first kappa shape index (κ1) is 15.3. The Morgan fingerprint density at radius 3 is 2.71 bits per heavy atom. The van der Waals surface area contributed by atoms with Crippen LogP contribution in [0.2, 0.25) is 5.02 Å². The summed E-state index contributed by atoms with van der Waals surface area (Å²) in [6, 6.07) is 11.4. The number of nitrogens with zero attached hydrogens (tertiary/aromatic N) is 6. The Hall–Kier alpha value is -2.09. The lowest BCUT2D eigenvalue weighted by Crippen LogP contribution is -2.03. The highest BCUT2D eigenvalue weighted by atomic mass is 35.5. The molecule has 106 valence electrons. The van der Waals surface area contributed by atoms with Gasteiger partial charge in [-0.2, -0.15) is 15.2 Å². The summed E-state index contributed by atoms with van der Waals surface area (Å²) in [6.07, 6.45) is 0.934. The number of hydrogen-bond donors (Lipinski definition) is 0. The highest BCUT2D eigenvalue weighted by molar-refractivity contribution is 7.99. The maximum absolute atomic E-state index is 9.05. The Labute approximate surface area is 131 Å². The van der Waals surface area contributed by atoms with Crippen molar-refractivity contribution < 1.29 is 0 Å². The molecule has 1 atom stereocenters. The van der Waals surface area contributed by atoms with Gasteiger partial charge in [0, 0.05) is 17.2 Å². The van der Waals surface area contributed by atoms with Crippen LogP contribution < -0.4 is 0 Å². The zero-order valence-electron chi connectivity index (χ0n) is 11.0. The van der Waals surface area contributed by atoms with Crippen LogP contribution in [0.15, 0.2) is 29.4 Å². The van der Waals surface area contributed by atoms with Crippen LogP contribution in [0, 0.1) is 28.6 Å². The molecule has 2 rings (SSSR count). The fourth-order valence-electron chi connectivity index (χ4n) is 1.61. The molecule has 0 saturated carbocycles. The third-order valence-electron chi connectivity index (χ3n) is 2.71. The number of aromatic nitrogens is 4. The zero-order valence-corrected chi connectivity index (χ0v) is 12.5. The summed E-state index contributed by atoms with van der Waals surface area (Å²) in [4.78, 5) is 0. The van der Waals surface area contributed by atoms with Crippen molar-refractivity contribution in [2.75, 3.05) is 5.75 Å². The SMILES string of the molecule is N#CCC[C@@H](C#N)CSc1nnnn1-c1ccc(Cl)cc1. The van der Waals surface area contributed by atoms with E-state index in [0.717, 1.165) is 5.69 Å². The van der Waals surface area contributed by atoms with Gasteiger partial charge in [-0.25, -0.2) is 0 Å². The molecule has 8 heteroatoms. The van der Waals surface area contributed by atoms with Gasteiger partial charge in [0.2, 0.25) is 5.16 Å². The van der Waals surface area contributed by atoms with Crippen LogP contribution in [0.4, 0.5) is 0 Å². The molecule has 0 bridgehead atoms. The van der Waals surface area contributed by atoms with Crippen molar-refractivity contribution in [1.82, 2.24) is 20.2 Å². The van der Waals surface area contributed by atoms with Crippen LogP contribution in [0.3, 0.4) is 0 Å². The van der Waals surface area contributed by atoms with Gasteiger partial charge < -0.3 is 0 Å². The summed E-state index contributed by atoms with van der Waals surface area (Å²) < 4.78 is 1.60. The van der Waals surface area contributed by atoms with Gasteiger partial charge in [0.1, 0.15) is 0 Å². The van der Waals surface area contributed by atoms with Crippen LogP contribution >= 0.6 is 23.4 Å². The summed E-state index contributed by atoms with van der Waals surface area (Å²) in [5.74, 6) is 0.358. The van der Waals surface area contributed by atoms with Crippen molar-refractivity contribution in [3.8, 4) is 17.8 Å². The van der Waals surface area contributed by atoms with Crippen molar-refractivity contribution >= 4 is 23.4 Å². The van der Waals surface area contributed by atoms with Crippen LogP contribution in [0.5, 0.6) is 0 Å². The summed E-state index contributed by atoms with van der Waals surface area (Å²) in [6.45, 7) is 0. The molecule has 0 amide bonds. The summed E-state index contributed by atoms with van der Waals surface area (Å²) in [5, 5.41) is 30.4. The normalized spacial score (nSPS) is 11.6. The molecular formula is C13H11ClN6S. The molecule has 0 aliphatic rings. The van der Waals surface area contributed by atoms with Gasteiger partial charge in [-0.15, -0.1) is 5.10 Å². The van der Waals surface area contributed by atoms with Crippen molar-refractivity contribution in [2.45, 2.75) is 18.0 Å². The van der Waals surface area contributed by atoms with Gasteiger partial charge in [-0.05, 0) is 41.1 Å². The summed E-state index contributed by atoms with van der Waals surface area (Å²) >= 11 is 7.25. The molecule has 1 aromatic carbocycles. The standard InChI is InChI=1S/C13H11ClN6S/c14-11-3-5-12(6-4-11)20-13(17-18-19-20)21-9-10(8-16)2-1-7-15/h3-6,10H,1-2,9H2/t10-/m0/s1. The van der Waals surface area contributed by atoms with Crippen LogP contribution in [0.25, 0.3) is 5.69 Å². The van der Waals surface area contributed by atoms with Crippen LogP contribution in [0.1, 0.15) is 12.8 Å². The van der Waals surface area contributed by atoms with E-state index in [0.29, 0.717) is 28.8 Å². The van der Waals surface area contributed by atoms with Crippen molar-refractivity contribution in [3.63, 3.8) is 0 Å². The maximum Gasteiger partial charge on any atom is 0.214 e. The smallest absolute Gasteiger partial charge is 0.198 e. The van der Waals surface area contributed by atoms with Crippen molar-refractivity contribution in [1.29, 1.82) is 10.5 Å². The van der Waals surface area contributed by atoms with Crippen LogP contribution in [-0.4, -0.2) is 26.0 Å². The first-order valence-corrected chi connectivity index (χ1v) is 7.54. The second kappa shape index (κ2) is 7.63. The second-order valence-corrected chi connectivity index (χ2v) is 5.61. The molecule has 1 aromatic heterocycles. The predicted molar refractivity (Wildman–Crippen MR) is 78.8 cm³/mol. The number of rotatable bonds is 6. The van der Waals surface area contributed by atoms with Crippen molar-refractivity contribution in [2.24, 2.45) is 5.92 Å². The lowest BCUT2D eigenvalue weighted by atomic mass is 10.1. The highest BCUT2D eigenvalue weighted by Crippen LogP contribution is 2.23. The average Bonchev–Trinajstić information content (AvgIpc) is 2.97. The molecule has 0 fully saturated rings. The Bertz CT molecular complexity index is 669. The molecule has 0 radical (unpaired) electrons. The quantitative estimate of drug-likeness (QED) is 0.760. The Kier molecular flexibility index (Phi) is 5.56. The van der Waals surface area contributed by atoms with E-state index in [1.807, 2.05) is 18.2 Å². The van der Waals surface area contributed by atoms with E-state index in [1.54, 1.807) is 16.8 Å². The fourth-order valence-corrected chi connectivity index (χ4v) is 2.69. The monoisotopic (exact) mass is 318 g/mol. The Balaban J connectivity index is 2.06. The lowest BCUT2D eigenvalue weighted by molar-refractivity contribution is 0.682. The van der Waals surface area contributed by atoms with E-state index in [2.05, 4.69) is 21.6 Å². The minimum absolute atomic E-state index is 0.190. The maximum atomic E-state index is 9.05. The number of nitriles is 2. The molecular weight excluding hydrogens is 308 g/mol. The lowest BCUT2D eigenvalue weighted by Gasteiger charge is -2.07. The molecule has 0 saturated heterocycles.